The largest absolute Gasteiger partial charge is 0.493 e. The zero-order chi connectivity index (χ0) is 19.4. The molecule has 3 rings (SSSR count). The van der Waals surface area contributed by atoms with Crippen LogP contribution in [0.3, 0.4) is 0 Å². The highest BCUT2D eigenvalue weighted by atomic mass is 35.5. The van der Waals surface area contributed by atoms with E-state index in [9.17, 15) is 14.9 Å². The van der Waals surface area contributed by atoms with Gasteiger partial charge in [-0.3, -0.25) is 14.9 Å². The third kappa shape index (κ3) is 4.66. The van der Waals surface area contributed by atoms with Crippen molar-refractivity contribution >= 4 is 51.9 Å². The first-order valence-electron chi connectivity index (χ1n) is 7.92. The van der Waals surface area contributed by atoms with E-state index in [0.717, 1.165) is 0 Å². The predicted molar refractivity (Wildman–Crippen MR) is 107 cm³/mol. The van der Waals surface area contributed by atoms with Gasteiger partial charge in [0.2, 0.25) is 0 Å². The van der Waals surface area contributed by atoms with E-state index in [-0.39, 0.29) is 11.6 Å². The van der Waals surface area contributed by atoms with Gasteiger partial charge in [-0.25, -0.2) is 4.99 Å². The first-order chi connectivity index (χ1) is 13.0. The standard InChI is InChI=1S/C18H14ClN3O4S/c1-2-26-15-8-3-12(19)9-11(15)10-16-17(23)21-18(27-16)20-13-4-6-14(7-5-13)22(24)25/h3-10H,2H2,1H3,(H,20,21,23)/b16-10-. The molecular formula is C18H14ClN3O4S. The number of carbonyl (C=O) groups excluding carboxylic acids is 1. The number of carbonyl (C=O) groups is 1. The number of halogens is 1. The highest BCUT2D eigenvalue weighted by molar-refractivity contribution is 8.18. The van der Waals surface area contributed by atoms with Crippen LogP contribution >= 0.6 is 23.4 Å². The molecule has 0 unspecified atom stereocenters. The Morgan fingerprint density at radius 3 is 2.70 bits per heavy atom. The van der Waals surface area contributed by atoms with Crippen LogP contribution < -0.4 is 10.1 Å². The normalized spacial score (nSPS) is 16.6. The van der Waals surface area contributed by atoms with E-state index in [1.165, 1.54) is 36.0 Å². The Kier molecular flexibility index (Phi) is 5.78. The molecule has 7 nitrogen and oxygen atoms in total. The molecule has 27 heavy (non-hydrogen) atoms. The SMILES string of the molecule is CCOc1ccc(Cl)cc1/C=C1\SC(=Nc2ccc([N+](=O)[O-])cc2)NC1=O. The third-order valence-corrected chi connectivity index (χ3v) is 4.65. The quantitative estimate of drug-likeness (QED) is 0.449. The van der Waals surface area contributed by atoms with Gasteiger partial charge in [0.1, 0.15) is 5.75 Å². The molecule has 0 spiro atoms. The van der Waals surface area contributed by atoms with Gasteiger partial charge in [-0.15, -0.1) is 0 Å². The van der Waals surface area contributed by atoms with Gasteiger partial charge in [-0.05, 0) is 55.1 Å². The second-order valence-electron chi connectivity index (χ2n) is 5.37. The van der Waals surface area contributed by atoms with Crippen molar-refractivity contribution in [2.45, 2.75) is 6.92 Å². The van der Waals surface area contributed by atoms with Crippen LogP contribution in [0.2, 0.25) is 5.02 Å². The number of thioether (sulfide) groups is 1. The van der Waals surface area contributed by atoms with Crippen LogP contribution in [-0.4, -0.2) is 22.6 Å². The van der Waals surface area contributed by atoms with Gasteiger partial charge in [0.25, 0.3) is 11.6 Å². The fourth-order valence-corrected chi connectivity index (χ4v) is 3.32. The summed E-state index contributed by atoms with van der Waals surface area (Å²) in [6, 6.07) is 10.9. The summed E-state index contributed by atoms with van der Waals surface area (Å²) in [5.74, 6) is 0.339. The topological polar surface area (TPSA) is 93.8 Å². The average Bonchev–Trinajstić information content (AvgIpc) is 2.97. The molecule has 0 aromatic heterocycles. The van der Waals surface area contributed by atoms with Crippen molar-refractivity contribution in [3.8, 4) is 5.75 Å². The Morgan fingerprint density at radius 1 is 1.30 bits per heavy atom. The molecule has 0 atom stereocenters. The number of amidine groups is 1. The highest BCUT2D eigenvalue weighted by Crippen LogP contribution is 2.32. The number of benzene rings is 2. The highest BCUT2D eigenvalue weighted by Gasteiger charge is 2.24. The number of rotatable bonds is 5. The molecule has 1 amide bonds. The van der Waals surface area contributed by atoms with Crippen LogP contribution in [-0.2, 0) is 4.79 Å². The van der Waals surface area contributed by atoms with E-state index in [1.54, 1.807) is 24.3 Å². The fraction of sp³-hybridized carbons (Fsp3) is 0.111. The van der Waals surface area contributed by atoms with Crippen LogP contribution in [0, 0.1) is 10.1 Å². The monoisotopic (exact) mass is 403 g/mol. The van der Waals surface area contributed by atoms with Crippen LogP contribution in [0.4, 0.5) is 11.4 Å². The van der Waals surface area contributed by atoms with Crippen molar-refractivity contribution in [2.75, 3.05) is 6.61 Å². The van der Waals surface area contributed by atoms with Crippen molar-refractivity contribution in [3.05, 3.63) is 68.1 Å². The van der Waals surface area contributed by atoms with Crippen molar-refractivity contribution in [3.63, 3.8) is 0 Å². The third-order valence-electron chi connectivity index (χ3n) is 3.50. The lowest BCUT2D eigenvalue weighted by atomic mass is 10.2. The second-order valence-corrected chi connectivity index (χ2v) is 6.84. The maximum Gasteiger partial charge on any atom is 0.269 e. The molecule has 2 aromatic rings. The number of nitrogens with zero attached hydrogens (tertiary/aromatic N) is 2. The van der Waals surface area contributed by atoms with Gasteiger partial charge >= 0.3 is 0 Å². The van der Waals surface area contributed by atoms with Crippen molar-refractivity contribution in [1.29, 1.82) is 0 Å². The number of nitrogens with one attached hydrogen (secondary N) is 1. The van der Waals surface area contributed by atoms with E-state index in [1.807, 2.05) is 6.92 Å². The van der Waals surface area contributed by atoms with Crippen LogP contribution in [0.15, 0.2) is 52.4 Å². The summed E-state index contributed by atoms with van der Waals surface area (Å²) in [5.41, 5.74) is 1.17. The number of hydrogen-bond acceptors (Lipinski definition) is 6. The molecule has 0 aliphatic carbocycles. The lowest BCUT2D eigenvalue weighted by molar-refractivity contribution is -0.384. The number of hydrogen-bond donors (Lipinski definition) is 1. The maximum absolute atomic E-state index is 12.2. The molecule has 1 fully saturated rings. The number of nitro benzene ring substituents is 1. The lowest BCUT2D eigenvalue weighted by Gasteiger charge is -2.07. The van der Waals surface area contributed by atoms with Crippen molar-refractivity contribution in [1.82, 2.24) is 5.32 Å². The summed E-state index contributed by atoms with van der Waals surface area (Å²) in [5, 5.41) is 14.3. The van der Waals surface area contributed by atoms with Gasteiger partial charge < -0.3 is 10.1 Å². The Hall–Kier alpha value is -2.84. The van der Waals surface area contributed by atoms with E-state index in [0.29, 0.717) is 38.7 Å². The Labute approximate surface area is 164 Å². The summed E-state index contributed by atoms with van der Waals surface area (Å²) in [4.78, 5) is 27.2. The van der Waals surface area contributed by atoms with E-state index >= 15 is 0 Å². The van der Waals surface area contributed by atoms with Crippen molar-refractivity contribution in [2.24, 2.45) is 4.99 Å². The lowest BCUT2D eigenvalue weighted by Crippen LogP contribution is -2.19. The number of ether oxygens (including phenoxy) is 1. The molecule has 0 bridgehead atoms. The van der Waals surface area contributed by atoms with Crippen LogP contribution in [0.5, 0.6) is 5.75 Å². The van der Waals surface area contributed by atoms with Crippen LogP contribution in [0.1, 0.15) is 12.5 Å². The number of non-ortho nitro benzene ring substituents is 1. The van der Waals surface area contributed by atoms with E-state index in [2.05, 4.69) is 10.3 Å². The van der Waals surface area contributed by atoms with Gasteiger partial charge in [-0.1, -0.05) is 11.6 Å². The second kappa shape index (κ2) is 8.24. The Balaban J connectivity index is 1.84. The predicted octanol–water partition coefficient (Wildman–Crippen LogP) is 4.54. The summed E-state index contributed by atoms with van der Waals surface area (Å²) >= 11 is 7.22. The minimum absolute atomic E-state index is 0.0212. The molecule has 0 radical (unpaired) electrons. The summed E-state index contributed by atoms with van der Waals surface area (Å²) in [6.45, 7) is 2.36. The van der Waals surface area contributed by atoms with Gasteiger partial charge in [0.05, 0.1) is 22.1 Å². The Bertz CT molecular complexity index is 958. The van der Waals surface area contributed by atoms with Gasteiger partial charge in [0, 0.05) is 22.7 Å². The summed E-state index contributed by atoms with van der Waals surface area (Å²) in [7, 11) is 0. The molecule has 1 N–H and O–H groups in total. The van der Waals surface area contributed by atoms with E-state index in [4.69, 9.17) is 16.3 Å². The minimum atomic E-state index is -0.481. The summed E-state index contributed by atoms with van der Waals surface area (Å²) in [6.07, 6.45) is 1.69. The molecule has 0 saturated carbocycles. The molecule has 1 aliphatic heterocycles. The summed E-state index contributed by atoms with van der Waals surface area (Å²) < 4.78 is 5.56. The zero-order valence-electron chi connectivity index (χ0n) is 14.1. The first-order valence-corrected chi connectivity index (χ1v) is 9.12. The molecule has 1 heterocycles. The minimum Gasteiger partial charge on any atom is -0.493 e. The number of amides is 1. The van der Waals surface area contributed by atoms with Gasteiger partial charge in [0.15, 0.2) is 5.17 Å². The molecule has 1 aliphatic rings. The average molecular weight is 404 g/mol. The van der Waals surface area contributed by atoms with Crippen LogP contribution in [0.25, 0.3) is 6.08 Å². The number of nitro groups is 1. The molecule has 2 aromatic carbocycles. The maximum atomic E-state index is 12.2. The Morgan fingerprint density at radius 2 is 2.04 bits per heavy atom. The molecular weight excluding hydrogens is 390 g/mol. The van der Waals surface area contributed by atoms with E-state index < -0.39 is 4.92 Å². The number of aliphatic imine (C=N–C) groups is 1. The molecule has 1 saturated heterocycles. The zero-order valence-corrected chi connectivity index (χ0v) is 15.7. The molecule has 138 valence electrons. The van der Waals surface area contributed by atoms with Crippen molar-refractivity contribution < 1.29 is 14.5 Å². The molecule has 9 heteroatoms. The van der Waals surface area contributed by atoms with Gasteiger partial charge in [-0.2, -0.15) is 0 Å². The smallest absolute Gasteiger partial charge is 0.269 e. The first kappa shape index (κ1) is 18.9. The fourth-order valence-electron chi connectivity index (χ4n) is 2.31.